The van der Waals surface area contributed by atoms with Crippen LogP contribution in [0.4, 0.5) is 5.69 Å². The second kappa shape index (κ2) is 5.19. The van der Waals surface area contributed by atoms with Gasteiger partial charge in [0.1, 0.15) is 0 Å². The van der Waals surface area contributed by atoms with Crippen molar-refractivity contribution in [2.24, 2.45) is 5.92 Å². The molecule has 4 nitrogen and oxygen atoms in total. The summed E-state index contributed by atoms with van der Waals surface area (Å²) in [7, 11) is 0. The van der Waals surface area contributed by atoms with Gasteiger partial charge in [0.05, 0.1) is 5.56 Å². The van der Waals surface area contributed by atoms with Crippen LogP contribution in [0.2, 0.25) is 0 Å². The lowest BCUT2D eigenvalue weighted by molar-refractivity contribution is 0.0939. The summed E-state index contributed by atoms with van der Waals surface area (Å²) in [6.07, 6.45) is 3.30. The standard InChI is InChI=1S/C16H21N3O/c1-3-10(4-2)8-14-12-9-17-13-7-5-6-11(15(12)13)16(20)19-18-14/h5-7,10,17-18H,3-4,8-9H2,1-2H3,(H,19,20). The maximum Gasteiger partial charge on any atom is 0.270 e. The second-order valence-electron chi connectivity index (χ2n) is 5.50. The summed E-state index contributed by atoms with van der Waals surface area (Å²) in [5.41, 5.74) is 11.3. The van der Waals surface area contributed by atoms with E-state index in [-0.39, 0.29) is 5.91 Å². The molecule has 0 aromatic heterocycles. The van der Waals surface area contributed by atoms with E-state index in [1.807, 2.05) is 18.2 Å². The molecule has 1 aromatic carbocycles. The number of benzene rings is 1. The van der Waals surface area contributed by atoms with Crippen LogP contribution in [-0.2, 0) is 0 Å². The van der Waals surface area contributed by atoms with Crippen molar-refractivity contribution in [1.82, 2.24) is 10.9 Å². The van der Waals surface area contributed by atoms with Crippen LogP contribution in [-0.4, -0.2) is 12.5 Å². The number of carbonyl (C=O) groups is 1. The second-order valence-corrected chi connectivity index (χ2v) is 5.50. The average Bonchev–Trinajstić information content (AvgIpc) is 2.85. The summed E-state index contributed by atoms with van der Waals surface area (Å²) < 4.78 is 0. The Morgan fingerprint density at radius 2 is 2.00 bits per heavy atom. The lowest BCUT2D eigenvalue weighted by Crippen LogP contribution is -2.36. The number of nitrogens with one attached hydrogen (secondary N) is 3. The van der Waals surface area contributed by atoms with Crippen LogP contribution in [0, 0.1) is 5.92 Å². The maximum atomic E-state index is 12.2. The zero-order chi connectivity index (χ0) is 14.1. The average molecular weight is 271 g/mol. The van der Waals surface area contributed by atoms with Gasteiger partial charge in [-0.3, -0.25) is 10.2 Å². The van der Waals surface area contributed by atoms with Crippen LogP contribution >= 0.6 is 0 Å². The number of amides is 1. The molecule has 0 unspecified atom stereocenters. The molecule has 0 spiro atoms. The number of hydrogen-bond donors (Lipinski definition) is 3. The molecule has 0 saturated carbocycles. The molecule has 3 rings (SSSR count). The van der Waals surface area contributed by atoms with Crippen LogP contribution in [0.25, 0.3) is 5.57 Å². The van der Waals surface area contributed by atoms with Crippen LogP contribution < -0.4 is 16.2 Å². The summed E-state index contributed by atoms with van der Waals surface area (Å²) in [6, 6.07) is 5.86. The lowest BCUT2D eigenvalue weighted by atomic mass is 9.93. The summed E-state index contributed by atoms with van der Waals surface area (Å²) in [5.74, 6) is 0.596. The van der Waals surface area contributed by atoms with Crippen molar-refractivity contribution in [2.45, 2.75) is 33.1 Å². The first-order chi connectivity index (χ1) is 9.74. The Morgan fingerprint density at radius 1 is 1.20 bits per heavy atom. The summed E-state index contributed by atoms with van der Waals surface area (Å²) in [6.45, 7) is 5.24. The molecule has 0 radical (unpaired) electrons. The molecule has 2 heterocycles. The van der Waals surface area contributed by atoms with Crippen LogP contribution in [0.3, 0.4) is 0 Å². The van der Waals surface area contributed by atoms with Gasteiger partial charge in [0.2, 0.25) is 0 Å². The highest BCUT2D eigenvalue weighted by Gasteiger charge is 2.28. The Morgan fingerprint density at radius 3 is 2.75 bits per heavy atom. The van der Waals surface area contributed by atoms with E-state index >= 15 is 0 Å². The normalized spacial score (nSPS) is 16.4. The molecule has 0 fully saturated rings. The minimum atomic E-state index is -0.0532. The largest absolute Gasteiger partial charge is 0.380 e. The molecule has 2 aliphatic heterocycles. The van der Waals surface area contributed by atoms with Crippen molar-refractivity contribution in [2.75, 3.05) is 11.9 Å². The minimum absolute atomic E-state index is 0.0532. The van der Waals surface area contributed by atoms with E-state index in [9.17, 15) is 4.79 Å². The smallest absolute Gasteiger partial charge is 0.270 e. The predicted molar refractivity (Wildman–Crippen MR) is 81.1 cm³/mol. The molecule has 3 N–H and O–H groups in total. The van der Waals surface area contributed by atoms with Gasteiger partial charge in [0, 0.05) is 29.1 Å². The topological polar surface area (TPSA) is 53.2 Å². The number of hydrazine groups is 1. The molecule has 1 aromatic rings. The molecular formula is C16H21N3O. The quantitative estimate of drug-likeness (QED) is 0.789. The fourth-order valence-corrected chi connectivity index (χ4v) is 3.06. The Kier molecular flexibility index (Phi) is 3.38. The van der Waals surface area contributed by atoms with Crippen molar-refractivity contribution in [3.8, 4) is 0 Å². The predicted octanol–water partition coefficient (Wildman–Crippen LogP) is 2.90. The fraction of sp³-hybridized carbons (Fsp3) is 0.438. The summed E-state index contributed by atoms with van der Waals surface area (Å²) in [5, 5.41) is 3.39. The van der Waals surface area contributed by atoms with Crippen molar-refractivity contribution >= 4 is 17.2 Å². The van der Waals surface area contributed by atoms with Gasteiger partial charge in [-0.2, -0.15) is 0 Å². The van der Waals surface area contributed by atoms with Gasteiger partial charge in [-0.1, -0.05) is 32.8 Å². The molecule has 106 valence electrons. The number of anilines is 1. The van der Waals surface area contributed by atoms with E-state index in [1.165, 1.54) is 5.57 Å². The van der Waals surface area contributed by atoms with E-state index in [0.717, 1.165) is 48.3 Å². The zero-order valence-electron chi connectivity index (χ0n) is 12.0. The highest BCUT2D eigenvalue weighted by Crippen LogP contribution is 2.37. The highest BCUT2D eigenvalue weighted by molar-refractivity contribution is 6.05. The third kappa shape index (κ3) is 2.05. The van der Waals surface area contributed by atoms with Crippen molar-refractivity contribution in [3.63, 3.8) is 0 Å². The van der Waals surface area contributed by atoms with E-state index in [4.69, 9.17) is 0 Å². The number of carbonyl (C=O) groups excluding carboxylic acids is 1. The molecule has 0 bridgehead atoms. The lowest BCUT2D eigenvalue weighted by Gasteiger charge is -2.17. The molecule has 0 atom stereocenters. The Balaban J connectivity index is 2.05. The van der Waals surface area contributed by atoms with Crippen molar-refractivity contribution in [1.29, 1.82) is 0 Å². The SMILES string of the molecule is CCC(CC)CC1=C2CNc3cccc(c32)C(=O)NN1. The van der Waals surface area contributed by atoms with E-state index in [1.54, 1.807) is 0 Å². The van der Waals surface area contributed by atoms with E-state index in [0.29, 0.717) is 5.92 Å². The third-order valence-corrected chi connectivity index (χ3v) is 4.41. The molecule has 2 aliphatic rings. The van der Waals surface area contributed by atoms with E-state index < -0.39 is 0 Å². The van der Waals surface area contributed by atoms with Gasteiger partial charge < -0.3 is 10.7 Å². The Bertz CT molecular complexity index is 573. The van der Waals surface area contributed by atoms with Crippen LogP contribution in [0.15, 0.2) is 23.9 Å². The first-order valence-corrected chi connectivity index (χ1v) is 7.40. The summed E-state index contributed by atoms with van der Waals surface area (Å²) in [4.78, 5) is 12.2. The van der Waals surface area contributed by atoms with Gasteiger partial charge in [0.15, 0.2) is 0 Å². The highest BCUT2D eigenvalue weighted by atomic mass is 16.2. The number of hydrogen-bond acceptors (Lipinski definition) is 3. The van der Waals surface area contributed by atoms with Crippen molar-refractivity contribution in [3.05, 3.63) is 35.0 Å². The molecule has 0 saturated heterocycles. The van der Waals surface area contributed by atoms with Gasteiger partial charge in [-0.25, -0.2) is 0 Å². The molecule has 1 amide bonds. The number of allylic oxidation sites excluding steroid dienone is 1. The monoisotopic (exact) mass is 271 g/mol. The van der Waals surface area contributed by atoms with Gasteiger partial charge >= 0.3 is 0 Å². The van der Waals surface area contributed by atoms with Crippen LogP contribution in [0.5, 0.6) is 0 Å². The number of rotatable bonds is 4. The summed E-state index contributed by atoms with van der Waals surface area (Å²) >= 11 is 0. The minimum Gasteiger partial charge on any atom is -0.380 e. The van der Waals surface area contributed by atoms with Gasteiger partial charge in [-0.15, -0.1) is 0 Å². The van der Waals surface area contributed by atoms with E-state index in [2.05, 4.69) is 30.0 Å². The van der Waals surface area contributed by atoms with Gasteiger partial charge in [-0.05, 0) is 24.5 Å². The zero-order valence-corrected chi connectivity index (χ0v) is 12.0. The first kappa shape index (κ1) is 13.0. The molecule has 0 aliphatic carbocycles. The fourth-order valence-electron chi connectivity index (χ4n) is 3.06. The first-order valence-electron chi connectivity index (χ1n) is 7.40. The molecular weight excluding hydrogens is 250 g/mol. The third-order valence-electron chi connectivity index (χ3n) is 4.41. The molecule has 4 heteroatoms. The van der Waals surface area contributed by atoms with Crippen LogP contribution in [0.1, 0.15) is 49.0 Å². The Hall–Kier alpha value is -1.97. The van der Waals surface area contributed by atoms with Crippen molar-refractivity contribution < 1.29 is 4.79 Å². The molecule has 20 heavy (non-hydrogen) atoms. The Labute approximate surface area is 119 Å². The maximum absolute atomic E-state index is 12.2. The van der Waals surface area contributed by atoms with Gasteiger partial charge in [0.25, 0.3) is 5.91 Å².